The summed E-state index contributed by atoms with van der Waals surface area (Å²) < 4.78 is 32.9. The highest BCUT2D eigenvalue weighted by Gasteiger charge is 2.37. The number of ether oxygens (including phenoxy) is 1. The van der Waals surface area contributed by atoms with Crippen molar-refractivity contribution in [2.24, 2.45) is 5.73 Å². The molecule has 7 heteroatoms. The van der Waals surface area contributed by atoms with Crippen molar-refractivity contribution in [1.29, 1.82) is 0 Å². The third-order valence-corrected chi connectivity index (χ3v) is 6.40. The Labute approximate surface area is 141 Å². The van der Waals surface area contributed by atoms with Crippen LogP contribution in [0.1, 0.15) is 19.3 Å². The Hall–Kier alpha value is -2.12. The maximum Gasteiger partial charge on any atom is 0.244 e. The third-order valence-electron chi connectivity index (χ3n) is 4.43. The predicted molar refractivity (Wildman–Crippen MR) is 91.2 cm³/mol. The Balaban J connectivity index is 2.17. The fraction of sp³-hybridized carbons (Fsp3) is 0.353. The van der Waals surface area contributed by atoms with E-state index in [9.17, 15) is 13.2 Å². The molecule has 1 saturated heterocycles. The molecule has 2 N–H and O–H groups in total. The number of hydrogen-bond acceptors (Lipinski definition) is 4. The largest absolute Gasteiger partial charge is 0.496 e. The molecule has 3 rings (SSSR count). The fourth-order valence-electron chi connectivity index (χ4n) is 3.25. The van der Waals surface area contributed by atoms with Crippen LogP contribution in [0.3, 0.4) is 0 Å². The Kier molecular flexibility index (Phi) is 4.47. The topological polar surface area (TPSA) is 89.7 Å². The molecule has 0 spiro atoms. The first-order valence-electron chi connectivity index (χ1n) is 7.83. The lowest BCUT2D eigenvalue weighted by Gasteiger charge is -2.32. The summed E-state index contributed by atoms with van der Waals surface area (Å²) in [5.41, 5.74) is 5.43. The van der Waals surface area contributed by atoms with E-state index in [2.05, 4.69) is 0 Å². The lowest BCUT2D eigenvalue weighted by Crippen LogP contribution is -2.50. The lowest BCUT2D eigenvalue weighted by molar-refractivity contribution is -0.122. The van der Waals surface area contributed by atoms with Gasteiger partial charge in [-0.1, -0.05) is 30.7 Å². The number of fused-ring (bicyclic) bond motifs is 1. The monoisotopic (exact) mass is 348 g/mol. The zero-order valence-corrected chi connectivity index (χ0v) is 14.3. The van der Waals surface area contributed by atoms with Crippen molar-refractivity contribution in [3.05, 3.63) is 36.4 Å². The molecule has 1 aliphatic heterocycles. The summed E-state index contributed by atoms with van der Waals surface area (Å²) in [6, 6.07) is 9.55. The second kappa shape index (κ2) is 6.41. The van der Waals surface area contributed by atoms with Crippen LogP contribution >= 0.6 is 0 Å². The molecule has 1 heterocycles. The predicted octanol–water partition coefficient (Wildman–Crippen LogP) is 1.88. The summed E-state index contributed by atoms with van der Waals surface area (Å²) in [5.74, 6) is 0.00531. The second-order valence-electron chi connectivity index (χ2n) is 5.84. The van der Waals surface area contributed by atoms with E-state index in [1.807, 2.05) is 12.1 Å². The standard InChI is InChI=1S/C17H20N2O4S/c1-23-15-9-10-16(13-7-3-2-6-12(13)15)24(21,22)19-11-5-4-8-14(19)17(18)20/h2-3,6-7,9-10,14H,4-5,8,11H2,1H3,(H2,18,20)/t14-/m0/s1. The van der Waals surface area contributed by atoms with Gasteiger partial charge in [-0.15, -0.1) is 0 Å². The molecule has 0 aromatic heterocycles. The first-order chi connectivity index (χ1) is 11.5. The van der Waals surface area contributed by atoms with E-state index in [1.165, 1.54) is 10.4 Å². The number of carbonyl (C=O) groups excluding carboxylic acids is 1. The highest BCUT2D eigenvalue weighted by Crippen LogP contribution is 2.34. The van der Waals surface area contributed by atoms with Crippen LogP contribution in [-0.4, -0.2) is 38.3 Å². The molecular weight excluding hydrogens is 328 g/mol. The lowest BCUT2D eigenvalue weighted by atomic mass is 10.0. The molecule has 0 unspecified atom stereocenters. The minimum Gasteiger partial charge on any atom is -0.496 e. The Bertz CT molecular complexity index is 879. The molecule has 0 radical (unpaired) electrons. The number of nitrogens with zero attached hydrogens (tertiary/aromatic N) is 1. The maximum atomic E-state index is 13.2. The minimum atomic E-state index is -3.83. The third kappa shape index (κ3) is 2.74. The van der Waals surface area contributed by atoms with Gasteiger partial charge < -0.3 is 10.5 Å². The number of methoxy groups -OCH3 is 1. The number of hydrogen-bond donors (Lipinski definition) is 1. The van der Waals surface area contributed by atoms with Crippen molar-refractivity contribution in [3.63, 3.8) is 0 Å². The number of primary amides is 1. The second-order valence-corrected chi connectivity index (χ2v) is 7.70. The highest BCUT2D eigenvalue weighted by atomic mass is 32.2. The van der Waals surface area contributed by atoms with Gasteiger partial charge in [0.15, 0.2) is 0 Å². The number of benzene rings is 2. The molecule has 2 aromatic rings. The minimum absolute atomic E-state index is 0.173. The van der Waals surface area contributed by atoms with Crippen LogP contribution in [0.2, 0.25) is 0 Å². The van der Waals surface area contributed by atoms with Crippen molar-refractivity contribution in [3.8, 4) is 5.75 Å². The number of piperidine rings is 1. The van der Waals surface area contributed by atoms with Crippen molar-refractivity contribution in [2.45, 2.75) is 30.2 Å². The van der Waals surface area contributed by atoms with Gasteiger partial charge in [0.1, 0.15) is 11.8 Å². The first-order valence-corrected chi connectivity index (χ1v) is 9.27. The van der Waals surface area contributed by atoms with Crippen LogP contribution in [0.25, 0.3) is 10.8 Å². The van der Waals surface area contributed by atoms with Crippen LogP contribution in [0.15, 0.2) is 41.3 Å². The molecule has 0 aliphatic carbocycles. The van der Waals surface area contributed by atoms with E-state index in [4.69, 9.17) is 10.5 Å². The molecule has 24 heavy (non-hydrogen) atoms. The fourth-order valence-corrected chi connectivity index (χ4v) is 5.11. The zero-order chi connectivity index (χ0) is 17.3. The SMILES string of the molecule is COc1ccc(S(=O)(=O)N2CCCC[C@H]2C(N)=O)c2ccccc12. The van der Waals surface area contributed by atoms with Crippen molar-refractivity contribution in [1.82, 2.24) is 4.31 Å². The van der Waals surface area contributed by atoms with Crippen LogP contribution in [0.4, 0.5) is 0 Å². The Morgan fingerprint density at radius 2 is 1.88 bits per heavy atom. The number of sulfonamides is 1. The van der Waals surface area contributed by atoms with Gasteiger partial charge in [0.05, 0.1) is 12.0 Å². The highest BCUT2D eigenvalue weighted by molar-refractivity contribution is 7.89. The quantitative estimate of drug-likeness (QED) is 0.913. The summed E-state index contributed by atoms with van der Waals surface area (Å²) in [7, 11) is -2.29. The smallest absolute Gasteiger partial charge is 0.244 e. The van der Waals surface area contributed by atoms with Gasteiger partial charge in [0.2, 0.25) is 15.9 Å². The van der Waals surface area contributed by atoms with E-state index < -0.39 is 22.0 Å². The van der Waals surface area contributed by atoms with Crippen LogP contribution in [-0.2, 0) is 14.8 Å². The van der Waals surface area contributed by atoms with Gasteiger partial charge >= 0.3 is 0 Å². The summed E-state index contributed by atoms with van der Waals surface area (Å²) in [4.78, 5) is 11.9. The first kappa shape index (κ1) is 16.7. The van der Waals surface area contributed by atoms with Crippen LogP contribution in [0.5, 0.6) is 5.75 Å². The van der Waals surface area contributed by atoms with E-state index in [-0.39, 0.29) is 4.90 Å². The summed E-state index contributed by atoms with van der Waals surface area (Å²) in [6.45, 7) is 0.302. The van der Waals surface area contributed by atoms with Crippen molar-refractivity contribution < 1.29 is 17.9 Å². The van der Waals surface area contributed by atoms with Crippen LogP contribution in [0, 0.1) is 0 Å². The van der Waals surface area contributed by atoms with Gasteiger partial charge in [0.25, 0.3) is 0 Å². The van der Waals surface area contributed by atoms with Crippen LogP contribution < -0.4 is 10.5 Å². The van der Waals surface area contributed by atoms with E-state index in [0.717, 1.165) is 12.8 Å². The molecule has 1 amide bonds. The van der Waals surface area contributed by atoms with Gasteiger partial charge in [-0.2, -0.15) is 4.31 Å². The van der Waals surface area contributed by atoms with E-state index >= 15 is 0 Å². The number of carbonyl (C=O) groups is 1. The number of amides is 1. The van der Waals surface area contributed by atoms with Gasteiger partial charge in [-0.25, -0.2) is 8.42 Å². The van der Waals surface area contributed by atoms with Crippen molar-refractivity contribution in [2.75, 3.05) is 13.7 Å². The summed E-state index contributed by atoms with van der Waals surface area (Å²) in [5, 5.41) is 1.29. The molecule has 128 valence electrons. The van der Waals surface area contributed by atoms with E-state index in [0.29, 0.717) is 29.5 Å². The molecular formula is C17H20N2O4S. The molecule has 1 aliphatic rings. The average Bonchev–Trinajstić information content (AvgIpc) is 2.60. The normalized spacial score (nSPS) is 19.3. The van der Waals surface area contributed by atoms with Crippen molar-refractivity contribution >= 4 is 26.7 Å². The Morgan fingerprint density at radius 3 is 2.54 bits per heavy atom. The summed E-state index contributed by atoms with van der Waals surface area (Å²) in [6.07, 6.45) is 1.97. The van der Waals surface area contributed by atoms with Gasteiger partial charge in [-0.05, 0) is 25.0 Å². The zero-order valence-electron chi connectivity index (χ0n) is 13.4. The Morgan fingerprint density at radius 1 is 1.17 bits per heavy atom. The average molecular weight is 348 g/mol. The number of nitrogens with two attached hydrogens (primary N) is 1. The molecule has 1 fully saturated rings. The number of rotatable bonds is 4. The maximum absolute atomic E-state index is 13.2. The molecule has 0 bridgehead atoms. The van der Waals surface area contributed by atoms with Gasteiger partial charge in [-0.3, -0.25) is 4.79 Å². The molecule has 0 saturated carbocycles. The van der Waals surface area contributed by atoms with Gasteiger partial charge in [0, 0.05) is 17.3 Å². The molecule has 6 nitrogen and oxygen atoms in total. The molecule has 1 atom stereocenters. The van der Waals surface area contributed by atoms with E-state index in [1.54, 1.807) is 25.3 Å². The molecule has 2 aromatic carbocycles. The summed E-state index contributed by atoms with van der Waals surface area (Å²) >= 11 is 0.